The monoisotopic (exact) mass is 522 g/mol. The third-order valence-corrected chi connectivity index (χ3v) is 8.53. The van der Waals surface area contributed by atoms with Crippen molar-refractivity contribution in [3.8, 4) is 11.1 Å². The maximum Gasteiger partial charge on any atom is 0.492 e. The summed E-state index contributed by atoms with van der Waals surface area (Å²) in [7, 11) is -0.574. The van der Waals surface area contributed by atoms with Gasteiger partial charge in [-0.2, -0.15) is 0 Å². The number of nitrogens with one attached hydrogen (secondary N) is 2. The maximum atomic E-state index is 13.0. The van der Waals surface area contributed by atoms with Gasteiger partial charge in [-0.15, -0.1) is 0 Å². The van der Waals surface area contributed by atoms with Gasteiger partial charge in [-0.3, -0.25) is 0 Å². The molecule has 0 atom stereocenters. The number of fused-ring (bicyclic) bond motifs is 4. The van der Waals surface area contributed by atoms with Crippen molar-refractivity contribution < 1.29 is 18.8 Å². The Morgan fingerprint density at radius 1 is 1.00 bits per heavy atom. The number of hydrogen-bond donors (Lipinski definition) is 2. The van der Waals surface area contributed by atoms with Gasteiger partial charge in [-0.1, -0.05) is 60.7 Å². The second-order valence-electron chi connectivity index (χ2n) is 11.6. The molecular weight excluding hydrogens is 487 g/mol. The van der Waals surface area contributed by atoms with Gasteiger partial charge < -0.3 is 24.7 Å². The number of amides is 1. The molecule has 2 heterocycles. The molecule has 6 rings (SSSR count). The summed E-state index contributed by atoms with van der Waals surface area (Å²) >= 11 is 0. The molecule has 0 saturated carbocycles. The van der Waals surface area contributed by atoms with Crippen LogP contribution < -0.4 is 10.6 Å². The molecule has 1 fully saturated rings. The first kappa shape index (κ1) is 25.7. The van der Waals surface area contributed by atoms with Crippen LogP contribution in [0.3, 0.4) is 0 Å². The summed E-state index contributed by atoms with van der Waals surface area (Å²) in [6, 6.07) is 23.0. The third-order valence-electron chi connectivity index (χ3n) is 8.53. The second kappa shape index (κ2) is 9.89. The molecule has 2 N–H and O–H groups in total. The van der Waals surface area contributed by atoms with Crippen molar-refractivity contribution in [3.05, 3.63) is 94.5 Å². The lowest BCUT2D eigenvalue weighted by atomic mass is 9.77. The number of carbonyl (C=O) groups is 1. The predicted octanol–water partition coefficient (Wildman–Crippen LogP) is 6.21. The van der Waals surface area contributed by atoms with Crippen LogP contribution in [0.1, 0.15) is 55.9 Å². The molecule has 1 aliphatic carbocycles. The summed E-state index contributed by atoms with van der Waals surface area (Å²) < 4.78 is 18.5. The van der Waals surface area contributed by atoms with E-state index < -0.39 is 24.4 Å². The van der Waals surface area contributed by atoms with Crippen LogP contribution in [0.2, 0.25) is 0 Å². The van der Waals surface area contributed by atoms with E-state index in [2.05, 4.69) is 59.2 Å². The van der Waals surface area contributed by atoms with Crippen molar-refractivity contribution in [1.29, 1.82) is 0 Å². The zero-order valence-electron chi connectivity index (χ0n) is 23.0. The van der Waals surface area contributed by atoms with E-state index in [1.54, 1.807) is 0 Å². The molecule has 200 valence electrons. The van der Waals surface area contributed by atoms with E-state index in [0.717, 1.165) is 24.0 Å². The highest BCUT2D eigenvalue weighted by atomic mass is 16.7. The van der Waals surface area contributed by atoms with Crippen LogP contribution in [-0.2, 0) is 20.5 Å². The van der Waals surface area contributed by atoms with Crippen molar-refractivity contribution in [2.45, 2.75) is 51.2 Å². The summed E-state index contributed by atoms with van der Waals surface area (Å²) in [6.45, 7) is 9.61. The fourth-order valence-corrected chi connectivity index (χ4v) is 5.65. The Labute approximate surface area is 230 Å². The number of alkyl carbamates (subject to hydrolysis) is 1. The van der Waals surface area contributed by atoms with Crippen LogP contribution in [0.4, 0.5) is 10.5 Å². The Morgan fingerprint density at radius 2 is 1.64 bits per heavy atom. The van der Waals surface area contributed by atoms with Crippen LogP contribution in [0, 0.1) is 0 Å². The largest absolute Gasteiger partial charge is 0.492 e. The molecule has 1 amide bonds. The average molecular weight is 522 g/mol. The number of benzene rings is 3. The normalized spacial score (nSPS) is 18.8. The predicted molar refractivity (Wildman–Crippen MR) is 156 cm³/mol. The van der Waals surface area contributed by atoms with E-state index in [4.69, 9.17) is 14.0 Å². The highest BCUT2D eigenvalue weighted by Gasteiger charge is 2.52. The molecule has 7 heteroatoms. The zero-order valence-corrected chi connectivity index (χ0v) is 23.0. The van der Waals surface area contributed by atoms with Gasteiger partial charge in [0.05, 0.1) is 11.2 Å². The van der Waals surface area contributed by atoms with Gasteiger partial charge in [0.1, 0.15) is 6.61 Å². The first-order valence-corrected chi connectivity index (χ1v) is 13.7. The Morgan fingerprint density at radius 3 is 2.31 bits per heavy atom. The molecule has 6 nitrogen and oxygen atoms in total. The zero-order chi connectivity index (χ0) is 27.2. The van der Waals surface area contributed by atoms with Crippen molar-refractivity contribution in [1.82, 2.24) is 5.32 Å². The minimum atomic E-state index is -0.574. The summed E-state index contributed by atoms with van der Waals surface area (Å²) in [5.41, 5.74) is 8.19. The Kier molecular flexibility index (Phi) is 6.52. The van der Waals surface area contributed by atoms with E-state index >= 15 is 0 Å². The van der Waals surface area contributed by atoms with Gasteiger partial charge in [-0.25, -0.2) is 4.79 Å². The summed E-state index contributed by atoms with van der Waals surface area (Å²) in [5, 5.41) is 6.36. The summed E-state index contributed by atoms with van der Waals surface area (Å²) in [6.07, 6.45) is 2.60. The van der Waals surface area contributed by atoms with Crippen molar-refractivity contribution >= 4 is 25.0 Å². The quantitative estimate of drug-likeness (QED) is 0.377. The van der Waals surface area contributed by atoms with Gasteiger partial charge in [0.25, 0.3) is 0 Å². The molecule has 0 spiro atoms. The second-order valence-corrected chi connectivity index (χ2v) is 11.6. The molecule has 39 heavy (non-hydrogen) atoms. The lowest BCUT2D eigenvalue weighted by molar-refractivity contribution is 0.00578. The van der Waals surface area contributed by atoms with Crippen LogP contribution in [0.25, 0.3) is 17.2 Å². The highest BCUT2D eigenvalue weighted by molar-refractivity contribution is 6.56. The number of anilines is 1. The smallest absolute Gasteiger partial charge is 0.449 e. The van der Waals surface area contributed by atoms with E-state index in [0.29, 0.717) is 0 Å². The van der Waals surface area contributed by atoms with E-state index in [1.165, 1.54) is 33.5 Å². The Balaban J connectivity index is 1.17. The molecule has 0 bridgehead atoms. The van der Waals surface area contributed by atoms with Crippen LogP contribution in [-0.4, -0.2) is 44.1 Å². The molecule has 3 aliphatic rings. The van der Waals surface area contributed by atoms with E-state index in [-0.39, 0.29) is 19.1 Å². The van der Waals surface area contributed by atoms with Gasteiger partial charge in [-0.05, 0) is 85.1 Å². The lowest BCUT2D eigenvalue weighted by Gasteiger charge is -2.32. The molecule has 0 aromatic heterocycles. The average Bonchev–Trinajstić information content (AvgIpc) is 3.57. The summed E-state index contributed by atoms with van der Waals surface area (Å²) in [4.78, 5) is 13.0. The van der Waals surface area contributed by atoms with Crippen molar-refractivity contribution in [2.75, 3.05) is 25.0 Å². The number of ether oxygens (including phenoxy) is 1. The number of hydrogen-bond acceptors (Lipinski definition) is 5. The lowest BCUT2D eigenvalue weighted by Crippen LogP contribution is -2.41. The molecular formula is C32H35BN2O4. The number of rotatable bonds is 6. The van der Waals surface area contributed by atoms with E-state index in [9.17, 15) is 4.79 Å². The first-order valence-electron chi connectivity index (χ1n) is 13.7. The van der Waals surface area contributed by atoms with Crippen LogP contribution >= 0.6 is 0 Å². The fraction of sp³-hybridized carbons (Fsp3) is 0.344. The topological polar surface area (TPSA) is 68.8 Å². The minimum Gasteiger partial charge on any atom is -0.449 e. The van der Waals surface area contributed by atoms with Crippen LogP contribution in [0.15, 0.2) is 72.2 Å². The van der Waals surface area contributed by atoms with Crippen molar-refractivity contribution in [2.24, 2.45) is 0 Å². The number of carbonyl (C=O) groups excluding carboxylic acids is 1. The molecule has 3 aromatic carbocycles. The highest BCUT2D eigenvalue weighted by Crippen LogP contribution is 2.44. The minimum absolute atomic E-state index is 0.0151. The Hall–Kier alpha value is -3.55. The van der Waals surface area contributed by atoms with Gasteiger partial charge in [0.15, 0.2) is 0 Å². The molecule has 0 radical (unpaired) electrons. The maximum absolute atomic E-state index is 13.0. The molecule has 1 saturated heterocycles. The molecule has 2 aliphatic heterocycles. The van der Waals surface area contributed by atoms with Gasteiger partial charge >= 0.3 is 13.2 Å². The molecule has 0 unspecified atom stereocenters. The van der Waals surface area contributed by atoms with Gasteiger partial charge in [0, 0.05) is 24.7 Å². The van der Waals surface area contributed by atoms with E-state index in [1.807, 2.05) is 52.0 Å². The standard InChI is InChI=1S/C32H35BN2O4/c1-31(2)32(3,4)39-33(38-31)23(18-21-13-14-29-22(17-21)15-16-34-29)19-35-30(36)37-20-28-26-11-7-5-9-24(26)25-10-6-8-12-27(25)28/h5-14,17-18,28,34H,15-16,19-20H2,1-4H3,(H,35,36). The van der Waals surface area contributed by atoms with Crippen LogP contribution in [0.5, 0.6) is 0 Å². The first-order chi connectivity index (χ1) is 18.7. The SMILES string of the molecule is CC1(C)OB(C(=Cc2ccc3c(c2)CCN3)CNC(=O)OCC2c3ccccc3-c3ccccc32)OC1(C)C. The van der Waals surface area contributed by atoms with Crippen molar-refractivity contribution in [3.63, 3.8) is 0 Å². The third kappa shape index (κ3) is 4.86. The van der Waals surface area contributed by atoms with Gasteiger partial charge in [0.2, 0.25) is 0 Å². The molecule has 3 aromatic rings. The Bertz CT molecular complexity index is 1390. The summed E-state index contributed by atoms with van der Waals surface area (Å²) in [5.74, 6) is 0.0151. The fourth-order valence-electron chi connectivity index (χ4n) is 5.65.